The topological polar surface area (TPSA) is 103 Å². The lowest BCUT2D eigenvalue weighted by atomic mass is 9.99. The van der Waals surface area contributed by atoms with Crippen LogP contribution in [0.5, 0.6) is 5.88 Å². The van der Waals surface area contributed by atoms with Crippen LogP contribution in [0.2, 0.25) is 10.0 Å². The van der Waals surface area contributed by atoms with Crippen LogP contribution < -0.4 is 10.1 Å². The van der Waals surface area contributed by atoms with Gasteiger partial charge in [0, 0.05) is 33.5 Å². The van der Waals surface area contributed by atoms with Gasteiger partial charge in [0.25, 0.3) is 5.91 Å². The summed E-state index contributed by atoms with van der Waals surface area (Å²) >= 11 is 12.7. The predicted molar refractivity (Wildman–Crippen MR) is 143 cm³/mol. The van der Waals surface area contributed by atoms with Gasteiger partial charge in [-0.25, -0.2) is 12.9 Å². The van der Waals surface area contributed by atoms with Crippen LogP contribution in [0, 0.1) is 0 Å². The number of benzene rings is 2. The first-order chi connectivity index (χ1) is 17.7. The first kappa shape index (κ1) is 25.5. The van der Waals surface area contributed by atoms with Crippen molar-refractivity contribution < 1.29 is 17.9 Å². The van der Waals surface area contributed by atoms with Crippen LogP contribution in [0.4, 0.5) is 0 Å². The van der Waals surface area contributed by atoms with Crippen LogP contribution in [0.15, 0.2) is 53.6 Å². The van der Waals surface area contributed by atoms with Crippen LogP contribution in [0.3, 0.4) is 0 Å². The molecular weight excluding hydrogens is 535 g/mol. The molecule has 1 aliphatic carbocycles. The van der Waals surface area contributed by atoms with Gasteiger partial charge in [-0.05, 0) is 31.0 Å². The molecular formula is C26H24Cl2N4O4S. The number of nitrogens with one attached hydrogen (secondary N) is 1. The van der Waals surface area contributed by atoms with Crippen LogP contribution in [0.25, 0.3) is 28.0 Å². The Morgan fingerprint density at radius 2 is 1.76 bits per heavy atom. The molecule has 2 aromatic carbocycles. The molecule has 192 valence electrons. The summed E-state index contributed by atoms with van der Waals surface area (Å²) in [4.78, 5) is 18.1. The third-order valence-electron chi connectivity index (χ3n) is 6.42. The van der Waals surface area contributed by atoms with E-state index in [-0.39, 0.29) is 28.2 Å². The molecule has 1 N–H and O–H groups in total. The molecule has 1 aliphatic rings. The highest BCUT2D eigenvalue weighted by molar-refractivity contribution is 7.90. The lowest BCUT2D eigenvalue weighted by molar-refractivity contribution is 0.0936. The van der Waals surface area contributed by atoms with Gasteiger partial charge in [-0.1, -0.05) is 66.4 Å². The number of hydrogen-bond donors (Lipinski definition) is 1. The molecule has 2 aromatic heterocycles. The fourth-order valence-electron chi connectivity index (χ4n) is 4.72. The maximum absolute atomic E-state index is 13.5. The van der Waals surface area contributed by atoms with Crippen molar-refractivity contribution in [3.8, 4) is 28.3 Å². The van der Waals surface area contributed by atoms with E-state index in [9.17, 15) is 13.2 Å². The number of fused-ring (bicyclic) bond motifs is 1. The summed E-state index contributed by atoms with van der Waals surface area (Å²) in [5, 5.41) is 8.01. The second kappa shape index (κ2) is 9.96. The molecule has 1 fully saturated rings. The first-order valence-electron chi connectivity index (χ1n) is 11.7. The van der Waals surface area contributed by atoms with Gasteiger partial charge in [-0.2, -0.15) is 10.1 Å². The fraction of sp³-hybridized carbons (Fsp3) is 0.269. The summed E-state index contributed by atoms with van der Waals surface area (Å²) in [5.41, 5.74) is 2.15. The van der Waals surface area contributed by atoms with E-state index >= 15 is 0 Å². The maximum atomic E-state index is 13.5. The van der Waals surface area contributed by atoms with Crippen molar-refractivity contribution >= 4 is 44.6 Å². The Labute approximate surface area is 224 Å². The van der Waals surface area contributed by atoms with Gasteiger partial charge >= 0.3 is 0 Å². The molecule has 4 aromatic rings. The molecule has 37 heavy (non-hydrogen) atoms. The summed E-state index contributed by atoms with van der Waals surface area (Å²) in [6.07, 6.45) is 4.71. The zero-order valence-electron chi connectivity index (χ0n) is 20.2. The molecule has 0 radical (unpaired) electrons. The van der Waals surface area contributed by atoms with Gasteiger partial charge in [0.05, 0.1) is 18.4 Å². The Hall–Kier alpha value is -3.14. The van der Waals surface area contributed by atoms with Crippen LogP contribution in [-0.4, -0.2) is 48.3 Å². The zero-order valence-corrected chi connectivity index (χ0v) is 22.5. The van der Waals surface area contributed by atoms with Crippen molar-refractivity contribution in [1.82, 2.24) is 19.9 Å². The number of nitrogens with zero attached hydrogens (tertiary/aromatic N) is 3. The minimum atomic E-state index is -3.91. The molecule has 2 heterocycles. The summed E-state index contributed by atoms with van der Waals surface area (Å²) in [6, 6.07) is 14.1. The molecule has 1 saturated carbocycles. The zero-order chi connectivity index (χ0) is 26.3. The SMILES string of the molecule is COc1nc2c(C(=O)NC3CCCC3)c(S(C)(=O)=O)nn2c(-c2ccc(Cl)cc2)c1-c1ccccc1Cl. The average molecular weight is 559 g/mol. The molecule has 5 rings (SSSR count). The maximum Gasteiger partial charge on any atom is 0.258 e. The number of methoxy groups -OCH3 is 1. The van der Waals surface area contributed by atoms with Crippen LogP contribution in [0.1, 0.15) is 36.0 Å². The molecule has 0 aliphatic heterocycles. The Bertz CT molecular complexity index is 1610. The summed E-state index contributed by atoms with van der Waals surface area (Å²) in [7, 11) is -2.45. The summed E-state index contributed by atoms with van der Waals surface area (Å²) in [6.45, 7) is 0. The number of ether oxygens (including phenoxy) is 1. The highest BCUT2D eigenvalue weighted by Crippen LogP contribution is 2.42. The smallest absolute Gasteiger partial charge is 0.258 e. The van der Waals surface area contributed by atoms with Gasteiger partial charge in [0.2, 0.25) is 5.88 Å². The minimum absolute atomic E-state index is 0.0325. The molecule has 0 spiro atoms. The number of aromatic nitrogens is 3. The van der Waals surface area contributed by atoms with Gasteiger partial charge in [-0.3, -0.25) is 4.79 Å². The van der Waals surface area contributed by atoms with E-state index in [1.807, 2.05) is 12.1 Å². The van der Waals surface area contributed by atoms with E-state index in [0.29, 0.717) is 32.4 Å². The van der Waals surface area contributed by atoms with E-state index in [1.165, 1.54) is 11.6 Å². The molecule has 0 saturated heterocycles. The van der Waals surface area contributed by atoms with Crippen molar-refractivity contribution in [1.29, 1.82) is 0 Å². The van der Waals surface area contributed by atoms with Gasteiger partial charge in [-0.15, -0.1) is 0 Å². The highest BCUT2D eigenvalue weighted by atomic mass is 35.5. The number of sulfone groups is 1. The number of carbonyl (C=O) groups excluding carboxylic acids is 1. The Balaban J connectivity index is 1.89. The van der Waals surface area contributed by atoms with E-state index < -0.39 is 15.7 Å². The van der Waals surface area contributed by atoms with Crippen molar-refractivity contribution in [2.75, 3.05) is 13.4 Å². The quantitative estimate of drug-likeness (QED) is 0.337. The normalized spacial score (nSPS) is 14.3. The summed E-state index contributed by atoms with van der Waals surface area (Å²) in [5.74, 6) is -0.371. The Morgan fingerprint density at radius 3 is 2.38 bits per heavy atom. The van der Waals surface area contributed by atoms with Crippen LogP contribution in [-0.2, 0) is 9.84 Å². The van der Waals surface area contributed by atoms with E-state index in [1.54, 1.807) is 36.4 Å². The number of amides is 1. The minimum Gasteiger partial charge on any atom is -0.480 e. The standard InChI is InChI=1S/C26H24Cl2N4O4S/c1-36-25-20(18-9-5-6-10-19(18)28)22(15-11-13-16(27)14-12-15)32-23(30-25)21(26(31-32)37(2,34)35)24(33)29-17-7-3-4-8-17/h5-6,9-14,17H,3-4,7-8H2,1-2H3,(H,29,33). The Kier molecular flexibility index (Phi) is 6.87. The van der Waals surface area contributed by atoms with Crippen molar-refractivity contribution in [2.24, 2.45) is 0 Å². The molecule has 0 atom stereocenters. The second-order valence-corrected chi connectivity index (χ2v) is 11.7. The van der Waals surface area contributed by atoms with E-state index in [4.69, 9.17) is 27.9 Å². The lowest BCUT2D eigenvalue weighted by Gasteiger charge is -2.17. The van der Waals surface area contributed by atoms with Gasteiger partial charge in [0.1, 0.15) is 5.56 Å². The molecule has 11 heteroatoms. The van der Waals surface area contributed by atoms with E-state index in [2.05, 4.69) is 15.4 Å². The highest BCUT2D eigenvalue weighted by Gasteiger charge is 2.33. The number of rotatable bonds is 6. The Morgan fingerprint density at radius 1 is 1.08 bits per heavy atom. The second-order valence-electron chi connectivity index (χ2n) is 8.97. The third kappa shape index (κ3) is 4.79. The largest absolute Gasteiger partial charge is 0.480 e. The van der Waals surface area contributed by atoms with Gasteiger partial charge in [0.15, 0.2) is 20.5 Å². The average Bonchev–Trinajstić information content (AvgIpc) is 3.51. The number of halogens is 2. The molecule has 0 bridgehead atoms. The monoisotopic (exact) mass is 558 g/mol. The third-order valence-corrected chi connectivity index (χ3v) is 7.99. The first-order valence-corrected chi connectivity index (χ1v) is 14.4. The van der Waals surface area contributed by atoms with Gasteiger partial charge < -0.3 is 10.1 Å². The van der Waals surface area contributed by atoms with Crippen molar-refractivity contribution in [3.63, 3.8) is 0 Å². The molecule has 1 amide bonds. The van der Waals surface area contributed by atoms with Crippen LogP contribution >= 0.6 is 23.2 Å². The number of carbonyl (C=O) groups is 1. The van der Waals surface area contributed by atoms with E-state index in [0.717, 1.165) is 31.9 Å². The van der Waals surface area contributed by atoms with Crippen molar-refractivity contribution in [2.45, 2.75) is 36.8 Å². The van der Waals surface area contributed by atoms with Crippen molar-refractivity contribution in [3.05, 3.63) is 64.1 Å². The number of hydrogen-bond acceptors (Lipinski definition) is 6. The lowest BCUT2D eigenvalue weighted by Crippen LogP contribution is -2.33. The fourth-order valence-corrected chi connectivity index (χ4v) is 5.86. The molecule has 0 unspecified atom stereocenters. The summed E-state index contributed by atoms with van der Waals surface area (Å²) < 4.78 is 32.8. The molecule has 8 nitrogen and oxygen atoms in total. The predicted octanol–water partition coefficient (Wildman–Crippen LogP) is 5.45.